The molecule has 0 aromatic heterocycles. The van der Waals surface area contributed by atoms with Gasteiger partial charge in [-0.15, -0.1) is 0 Å². The lowest BCUT2D eigenvalue weighted by molar-refractivity contribution is 0.143. The number of rotatable bonds is 6. The average Bonchev–Trinajstić information content (AvgIpc) is 2.57. The van der Waals surface area contributed by atoms with Gasteiger partial charge in [0.25, 0.3) is 0 Å². The van der Waals surface area contributed by atoms with Gasteiger partial charge in [-0.05, 0) is 36.0 Å². The van der Waals surface area contributed by atoms with Crippen LogP contribution in [-0.4, -0.2) is 51.2 Å². The van der Waals surface area contributed by atoms with Gasteiger partial charge in [0.15, 0.2) is 5.96 Å². The van der Waals surface area contributed by atoms with E-state index >= 15 is 0 Å². The summed E-state index contributed by atoms with van der Waals surface area (Å²) in [5, 5.41) is 6.77. The standard InChI is InChI=1S/C19H32N4O/c1-15-11-16(2)14-23(13-15)10-9-21-19(20-3)22-12-17-5-7-18(24-4)8-6-17/h5-8,15-16H,9-14H2,1-4H3,(H2,20,21,22). The fourth-order valence-electron chi connectivity index (χ4n) is 3.46. The molecule has 0 spiro atoms. The molecule has 2 N–H and O–H groups in total. The molecule has 0 radical (unpaired) electrons. The maximum Gasteiger partial charge on any atom is 0.191 e. The quantitative estimate of drug-likeness (QED) is 0.620. The Hall–Kier alpha value is -1.75. The van der Waals surface area contributed by atoms with Crippen LogP contribution in [0.1, 0.15) is 25.8 Å². The molecule has 2 unspecified atom stereocenters. The number of aliphatic imine (C=N–C) groups is 1. The van der Waals surface area contributed by atoms with Gasteiger partial charge in [-0.25, -0.2) is 0 Å². The van der Waals surface area contributed by atoms with Gasteiger partial charge in [0.05, 0.1) is 7.11 Å². The van der Waals surface area contributed by atoms with Gasteiger partial charge in [-0.2, -0.15) is 0 Å². The molecule has 1 heterocycles. The van der Waals surface area contributed by atoms with Crippen molar-refractivity contribution >= 4 is 5.96 Å². The van der Waals surface area contributed by atoms with Gasteiger partial charge < -0.3 is 20.3 Å². The van der Waals surface area contributed by atoms with Crippen molar-refractivity contribution in [1.29, 1.82) is 0 Å². The van der Waals surface area contributed by atoms with E-state index in [1.165, 1.54) is 25.1 Å². The zero-order chi connectivity index (χ0) is 17.4. The van der Waals surface area contributed by atoms with E-state index in [0.717, 1.165) is 43.2 Å². The summed E-state index contributed by atoms with van der Waals surface area (Å²) in [7, 11) is 3.50. The molecule has 0 bridgehead atoms. The van der Waals surface area contributed by atoms with Crippen molar-refractivity contribution in [3.05, 3.63) is 29.8 Å². The van der Waals surface area contributed by atoms with Crippen LogP contribution in [0.4, 0.5) is 0 Å². The lowest BCUT2D eigenvalue weighted by atomic mass is 9.92. The summed E-state index contributed by atoms with van der Waals surface area (Å²) in [4.78, 5) is 6.86. The molecule has 1 saturated heterocycles. The number of ether oxygens (including phenoxy) is 1. The molecule has 24 heavy (non-hydrogen) atoms. The minimum atomic E-state index is 0.751. The maximum atomic E-state index is 5.18. The highest BCUT2D eigenvalue weighted by molar-refractivity contribution is 5.79. The van der Waals surface area contributed by atoms with E-state index in [1.807, 2.05) is 19.2 Å². The predicted molar refractivity (Wildman–Crippen MR) is 101 cm³/mol. The van der Waals surface area contributed by atoms with E-state index in [1.54, 1.807) is 7.11 Å². The second kappa shape index (κ2) is 9.52. The normalized spacial score (nSPS) is 22.2. The summed E-state index contributed by atoms with van der Waals surface area (Å²) in [6, 6.07) is 8.09. The van der Waals surface area contributed by atoms with Crippen molar-refractivity contribution in [2.24, 2.45) is 16.8 Å². The third kappa shape index (κ3) is 6.04. The summed E-state index contributed by atoms with van der Waals surface area (Å²) < 4.78 is 5.18. The zero-order valence-corrected chi connectivity index (χ0v) is 15.5. The van der Waals surface area contributed by atoms with E-state index in [0.29, 0.717) is 0 Å². The summed E-state index contributed by atoms with van der Waals surface area (Å²) in [5.74, 6) is 3.35. The Balaban J connectivity index is 1.70. The van der Waals surface area contributed by atoms with Crippen LogP contribution in [0.5, 0.6) is 5.75 Å². The lowest BCUT2D eigenvalue weighted by Gasteiger charge is -2.35. The largest absolute Gasteiger partial charge is 0.497 e. The fourth-order valence-corrected chi connectivity index (χ4v) is 3.46. The SMILES string of the molecule is CN=C(NCCN1CC(C)CC(C)C1)NCc1ccc(OC)cc1. The predicted octanol–water partition coefficient (Wildman–Crippen LogP) is 2.34. The van der Waals surface area contributed by atoms with Crippen LogP contribution >= 0.6 is 0 Å². The highest BCUT2D eigenvalue weighted by atomic mass is 16.5. The van der Waals surface area contributed by atoms with Crippen LogP contribution in [-0.2, 0) is 6.54 Å². The zero-order valence-electron chi connectivity index (χ0n) is 15.5. The number of guanidine groups is 1. The molecule has 134 valence electrons. The maximum absolute atomic E-state index is 5.18. The van der Waals surface area contributed by atoms with E-state index < -0.39 is 0 Å². The van der Waals surface area contributed by atoms with Crippen LogP contribution in [0, 0.1) is 11.8 Å². The number of hydrogen-bond acceptors (Lipinski definition) is 3. The van der Waals surface area contributed by atoms with Crippen LogP contribution in [0.25, 0.3) is 0 Å². The van der Waals surface area contributed by atoms with Gasteiger partial charge in [0, 0.05) is 39.8 Å². The van der Waals surface area contributed by atoms with E-state index in [4.69, 9.17) is 4.74 Å². The number of nitrogens with zero attached hydrogens (tertiary/aromatic N) is 2. The summed E-state index contributed by atoms with van der Waals surface area (Å²) >= 11 is 0. The third-order valence-electron chi connectivity index (χ3n) is 4.51. The Labute approximate surface area is 146 Å². The van der Waals surface area contributed by atoms with Crippen LogP contribution in [0.2, 0.25) is 0 Å². The van der Waals surface area contributed by atoms with Gasteiger partial charge >= 0.3 is 0 Å². The number of nitrogens with one attached hydrogen (secondary N) is 2. The topological polar surface area (TPSA) is 48.9 Å². The highest BCUT2D eigenvalue weighted by Crippen LogP contribution is 2.20. The molecular weight excluding hydrogens is 300 g/mol. The fraction of sp³-hybridized carbons (Fsp3) is 0.632. The minimum Gasteiger partial charge on any atom is -0.497 e. The molecule has 1 fully saturated rings. The second-order valence-corrected chi connectivity index (χ2v) is 6.91. The Bertz CT molecular complexity index is 505. The molecule has 5 heteroatoms. The van der Waals surface area contributed by atoms with Crippen molar-refractivity contribution in [2.75, 3.05) is 40.3 Å². The van der Waals surface area contributed by atoms with E-state index in [2.05, 4.69) is 46.5 Å². The minimum absolute atomic E-state index is 0.751. The van der Waals surface area contributed by atoms with Gasteiger partial charge in [0.2, 0.25) is 0 Å². The molecule has 1 aliphatic rings. The molecule has 1 aliphatic heterocycles. The molecule has 0 amide bonds. The highest BCUT2D eigenvalue weighted by Gasteiger charge is 2.21. The molecule has 1 aromatic carbocycles. The Morgan fingerprint density at radius 1 is 1.17 bits per heavy atom. The molecular formula is C19H32N4O. The first-order valence-corrected chi connectivity index (χ1v) is 8.90. The van der Waals surface area contributed by atoms with Crippen molar-refractivity contribution in [2.45, 2.75) is 26.8 Å². The van der Waals surface area contributed by atoms with Crippen molar-refractivity contribution in [3.8, 4) is 5.75 Å². The molecule has 0 saturated carbocycles. The first-order chi connectivity index (χ1) is 11.6. The van der Waals surface area contributed by atoms with Gasteiger partial charge in [0.1, 0.15) is 5.75 Å². The summed E-state index contributed by atoms with van der Waals surface area (Å²) in [5.41, 5.74) is 1.21. The molecule has 5 nitrogen and oxygen atoms in total. The van der Waals surface area contributed by atoms with Gasteiger partial charge in [-0.3, -0.25) is 4.99 Å². The lowest BCUT2D eigenvalue weighted by Crippen LogP contribution is -2.45. The smallest absolute Gasteiger partial charge is 0.191 e. The first-order valence-electron chi connectivity index (χ1n) is 8.90. The summed E-state index contributed by atoms with van der Waals surface area (Å²) in [6.07, 6.45) is 1.36. The van der Waals surface area contributed by atoms with E-state index in [-0.39, 0.29) is 0 Å². The van der Waals surface area contributed by atoms with Crippen molar-refractivity contribution < 1.29 is 4.74 Å². The second-order valence-electron chi connectivity index (χ2n) is 6.91. The van der Waals surface area contributed by atoms with Crippen LogP contribution in [0.15, 0.2) is 29.3 Å². The van der Waals surface area contributed by atoms with E-state index in [9.17, 15) is 0 Å². The Morgan fingerprint density at radius 2 is 1.83 bits per heavy atom. The molecule has 2 rings (SSSR count). The van der Waals surface area contributed by atoms with Crippen molar-refractivity contribution in [3.63, 3.8) is 0 Å². The average molecular weight is 332 g/mol. The number of methoxy groups -OCH3 is 1. The number of piperidine rings is 1. The number of likely N-dealkylation sites (tertiary alicyclic amines) is 1. The third-order valence-corrected chi connectivity index (χ3v) is 4.51. The molecule has 0 aliphatic carbocycles. The number of benzene rings is 1. The number of hydrogen-bond donors (Lipinski definition) is 2. The molecule has 2 atom stereocenters. The van der Waals surface area contributed by atoms with Crippen molar-refractivity contribution in [1.82, 2.24) is 15.5 Å². The summed E-state index contributed by atoms with van der Waals surface area (Å²) in [6.45, 7) is 9.87. The van der Waals surface area contributed by atoms with Crippen LogP contribution < -0.4 is 15.4 Å². The Kier molecular flexibility index (Phi) is 7.37. The Morgan fingerprint density at radius 3 is 2.42 bits per heavy atom. The first kappa shape index (κ1) is 18.6. The van der Waals surface area contributed by atoms with Crippen LogP contribution in [0.3, 0.4) is 0 Å². The monoisotopic (exact) mass is 332 g/mol. The molecule has 1 aromatic rings. The van der Waals surface area contributed by atoms with Gasteiger partial charge in [-0.1, -0.05) is 26.0 Å².